The Labute approximate surface area is 251 Å². The van der Waals surface area contributed by atoms with Gasteiger partial charge in [-0.05, 0) is 32.4 Å². The maximum Gasteiger partial charge on any atom is 0.527 e. The molecule has 4 N–H and O–H groups in total. The van der Waals surface area contributed by atoms with E-state index in [0.717, 1.165) is 0 Å². The quantitative estimate of drug-likeness (QED) is 0.206. The van der Waals surface area contributed by atoms with Crippen molar-refractivity contribution < 1.29 is 53.3 Å². The lowest BCUT2D eigenvalue weighted by Gasteiger charge is -2.35. The standard InChI is InChI=1S/C27H34N6O11/c1-3-42-27(41)44-32-13-11-31(12-14-32)25(38)19(9-10-23(35)36)29-24(37)20-15-22(33(30-20)18-7-5-4-6-8-18)43-16-21(34)28-17(2)26(39)40/h4-8,15,17,19H,3,9-14,16H2,1-2H3,(H,28,34)(H,29,37)(H,35,36)(H,39,40)/t17-,19-/m0/s1. The SMILES string of the molecule is CCOC(=O)ON1CCN(C(=O)[C@H](CCC(=O)O)NC(=O)c2cc(OCC(=O)N[C@@H](C)C(=O)O)n(-c3ccccc3)n2)CC1. The first kappa shape index (κ1) is 33.3. The van der Waals surface area contributed by atoms with Crippen LogP contribution in [0.2, 0.25) is 0 Å². The molecule has 0 unspecified atom stereocenters. The normalized spacial score (nSPS) is 14.5. The van der Waals surface area contributed by atoms with E-state index in [1.165, 1.54) is 27.6 Å². The lowest BCUT2D eigenvalue weighted by Crippen LogP contribution is -2.55. The minimum atomic E-state index is -1.23. The summed E-state index contributed by atoms with van der Waals surface area (Å²) in [6, 6.07) is 7.37. The van der Waals surface area contributed by atoms with Crippen molar-refractivity contribution in [3.63, 3.8) is 0 Å². The van der Waals surface area contributed by atoms with Crippen LogP contribution in [-0.4, -0.2) is 117 Å². The van der Waals surface area contributed by atoms with E-state index in [9.17, 15) is 33.9 Å². The molecule has 3 amide bonds. The summed E-state index contributed by atoms with van der Waals surface area (Å²) in [7, 11) is 0. The van der Waals surface area contributed by atoms with Crippen LogP contribution in [0, 0.1) is 0 Å². The highest BCUT2D eigenvalue weighted by atomic mass is 16.8. The zero-order valence-corrected chi connectivity index (χ0v) is 24.1. The number of amides is 3. The summed E-state index contributed by atoms with van der Waals surface area (Å²) in [5.41, 5.74) is 0.284. The van der Waals surface area contributed by atoms with E-state index in [1.54, 1.807) is 37.3 Å². The number of nitrogens with one attached hydrogen (secondary N) is 2. The number of hydrogen-bond acceptors (Lipinski definition) is 11. The Morgan fingerprint density at radius 1 is 1.00 bits per heavy atom. The smallest absolute Gasteiger partial charge is 0.481 e. The summed E-state index contributed by atoms with van der Waals surface area (Å²) in [5, 5.41) is 28.6. The van der Waals surface area contributed by atoms with Crippen molar-refractivity contribution in [2.24, 2.45) is 0 Å². The van der Waals surface area contributed by atoms with Crippen molar-refractivity contribution in [1.82, 2.24) is 30.4 Å². The average Bonchev–Trinajstić information content (AvgIpc) is 3.43. The monoisotopic (exact) mass is 618 g/mol. The van der Waals surface area contributed by atoms with Crippen LogP contribution in [0.3, 0.4) is 0 Å². The second kappa shape index (κ2) is 15.9. The van der Waals surface area contributed by atoms with Gasteiger partial charge < -0.3 is 40.1 Å². The van der Waals surface area contributed by atoms with Crippen LogP contribution < -0.4 is 15.4 Å². The fraction of sp³-hybridized carbons (Fsp3) is 0.444. The first-order chi connectivity index (χ1) is 21.0. The van der Waals surface area contributed by atoms with Gasteiger partial charge in [0, 0.05) is 25.6 Å². The molecule has 1 aromatic heterocycles. The van der Waals surface area contributed by atoms with Gasteiger partial charge in [-0.25, -0.2) is 9.48 Å². The molecule has 1 aliphatic rings. The summed E-state index contributed by atoms with van der Waals surface area (Å²) in [4.78, 5) is 79.2. The number of piperazine rings is 1. The molecule has 1 saturated heterocycles. The maximum absolute atomic E-state index is 13.3. The molecule has 0 bridgehead atoms. The first-order valence-corrected chi connectivity index (χ1v) is 13.7. The average molecular weight is 619 g/mol. The number of aromatic nitrogens is 2. The van der Waals surface area contributed by atoms with Crippen molar-refractivity contribution in [3.8, 4) is 11.6 Å². The number of aliphatic carboxylic acids is 2. The van der Waals surface area contributed by atoms with Crippen LogP contribution in [0.5, 0.6) is 5.88 Å². The first-order valence-electron chi connectivity index (χ1n) is 13.7. The molecule has 238 valence electrons. The van der Waals surface area contributed by atoms with Crippen molar-refractivity contribution in [2.45, 2.75) is 38.8 Å². The molecule has 17 nitrogen and oxygen atoms in total. The van der Waals surface area contributed by atoms with E-state index < -0.39 is 60.9 Å². The van der Waals surface area contributed by atoms with Gasteiger partial charge in [0.1, 0.15) is 12.1 Å². The maximum atomic E-state index is 13.3. The number of carbonyl (C=O) groups is 6. The predicted octanol–water partition coefficient (Wildman–Crippen LogP) is 0.0359. The Morgan fingerprint density at radius 2 is 1.68 bits per heavy atom. The van der Waals surface area contributed by atoms with Gasteiger partial charge in [0.2, 0.25) is 11.8 Å². The van der Waals surface area contributed by atoms with E-state index in [1.807, 2.05) is 0 Å². The van der Waals surface area contributed by atoms with Gasteiger partial charge in [-0.3, -0.25) is 24.0 Å². The summed E-state index contributed by atoms with van der Waals surface area (Å²) in [5.74, 6) is -4.47. The summed E-state index contributed by atoms with van der Waals surface area (Å²) >= 11 is 0. The fourth-order valence-electron chi connectivity index (χ4n) is 4.04. The number of ether oxygens (including phenoxy) is 2. The molecule has 2 atom stereocenters. The Kier molecular flexibility index (Phi) is 12.0. The van der Waals surface area contributed by atoms with Crippen LogP contribution in [0.4, 0.5) is 4.79 Å². The van der Waals surface area contributed by atoms with Crippen molar-refractivity contribution in [1.29, 1.82) is 0 Å². The van der Waals surface area contributed by atoms with Gasteiger partial charge in [-0.1, -0.05) is 18.2 Å². The summed E-state index contributed by atoms with van der Waals surface area (Å²) < 4.78 is 11.5. The molecule has 3 rings (SSSR count). The molecule has 1 aliphatic heterocycles. The largest absolute Gasteiger partial charge is 0.527 e. The number of carboxylic acids is 2. The number of rotatable bonds is 14. The van der Waals surface area contributed by atoms with E-state index in [0.29, 0.717) is 5.69 Å². The third-order valence-corrected chi connectivity index (χ3v) is 6.28. The molecule has 0 spiro atoms. The van der Waals surface area contributed by atoms with Gasteiger partial charge in [0.05, 0.1) is 25.4 Å². The van der Waals surface area contributed by atoms with E-state index in [-0.39, 0.29) is 50.8 Å². The predicted molar refractivity (Wildman–Crippen MR) is 149 cm³/mol. The molecule has 2 aromatic rings. The molecular formula is C27H34N6O11. The van der Waals surface area contributed by atoms with Crippen molar-refractivity contribution in [2.75, 3.05) is 39.4 Å². The molecule has 1 aromatic carbocycles. The molecule has 0 saturated carbocycles. The van der Waals surface area contributed by atoms with E-state index in [2.05, 4.69) is 15.7 Å². The number of carbonyl (C=O) groups excluding carboxylic acids is 4. The third-order valence-electron chi connectivity index (χ3n) is 6.28. The molecule has 17 heteroatoms. The summed E-state index contributed by atoms with van der Waals surface area (Å²) in [6.07, 6.45) is -1.48. The highest BCUT2D eigenvalue weighted by Gasteiger charge is 2.31. The molecule has 0 aliphatic carbocycles. The number of nitrogens with zero attached hydrogens (tertiary/aromatic N) is 4. The Balaban J connectivity index is 1.74. The lowest BCUT2D eigenvalue weighted by atomic mass is 10.1. The molecule has 44 heavy (non-hydrogen) atoms. The highest BCUT2D eigenvalue weighted by Crippen LogP contribution is 2.20. The number of benzene rings is 1. The second-order valence-electron chi connectivity index (χ2n) is 9.52. The summed E-state index contributed by atoms with van der Waals surface area (Å²) in [6.45, 7) is 3.10. The van der Waals surface area contributed by atoms with Crippen LogP contribution in [0.1, 0.15) is 37.2 Å². The van der Waals surface area contributed by atoms with Gasteiger partial charge in [0.15, 0.2) is 12.3 Å². The van der Waals surface area contributed by atoms with Crippen molar-refractivity contribution >= 4 is 35.8 Å². The van der Waals surface area contributed by atoms with Gasteiger partial charge in [0.25, 0.3) is 11.8 Å². The van der Waals surface area contributed by atoms with E-state index in [4.69, 9.17) is 19.4 Å². The topological polar surface area (TPSA) is 219 Å². The zero-order valence-electron chi connectivity index (χ0n) is 24.1. The van der Waals surface area contributed by atoms with Gasteiger partial charge >= 0.3 is 18.1 Å². The van der Waals surface area contributed by atoms with E-state index >= 15 is 0 Å². The second-order valence-corrected chi connectivity index (χ2v) is 9.52. The molecule has 1 fully saturated rings. The molecule has 2 heterocycles. The zero-order chi connectivity index (χ0) is 32.2. The Hall–Kier alpha value is -5.19. The van der Waals surface area contributed by atoms with Gasteiger partial charge in [-0.15, -0.1) is 5.06 Å². The van der Waals surface area contributed by atoms with Crippen LogP contribution in [0.15, 0.2) is 36.4 Å². The number of hydrogen-bond donors (Lipinski definition) is 4. The number of carboxylic acid groups (broad SMARTS) is 2. The van der Waals surface area contributed by atoms with Crippen LogP contribution in [-0.2, 0) is 28.8 Å². The number of para-hydroxylation sites is 1. The Bertz CT molecular complexity index is 1340. The third kappa shape index (κ3) is 9.69. The highest BCUT2D eigenvalue weighted by molar-refractivity contribution is 5.96. The molecule has 0 radical (unpaired) electrons. The van der Waals surface area contributed by atoms with Gasteiger partial charge in [-0.2, -0.15) is 5.10 Å². The minimum absolute atomic E-state index is 0.0226. The molecular weight excluding hydrogens is 584 g/mol. The number of hydroxylamine groups is 2. The fourth-order valence-corrected chi connectivity index (χ4v) is 4.04. The minimum Gasteiger partial charge on any atom is -0.481 e. The van der Waals surface area contributed by atoms with Crippen molar-refractivity contribution in [3.05, 3.63) is 42.1 Å². The van der Waals surface area contributed by atoms with Crippen LogP contribution >= 0.6 is 0 Å². The lowest BCUT2D eigenvalue weighted by molar-refractivity contribution is -0.157. The Morgan fingerprint density at radius 3 is 2.30 bits per heavy atom. The van der Waals surface area contributed by atoms with Crippen LogP contribution in [0.25, 0.3) is 5.69 Å².